The Morgan fingerprint density at radius 3 is 2.81 bits per heavy atom. The van der Waals surface area contributed by atoms with E-state index < -0.39 is 8.07 Å². The molecule has 0 aliphatic heterocycles. The molecule has 6 nitrogen and oxygen atoms in total. The number of nitrogens with zero attached hydrogens (tertiary/aromatic N) is 4. The van der Waals surface area contributed by atoms with Gasteiger partial charge in [0, 0.05) is 30.4 Å². The van der Waals surface area contributed by atoms with Crippen LogP contribution in [0.1, 0.15) is 0 Å². The van der Waals surface area contributed by atoms with E-state index in [1.165, 1.54) is 0 Å². The number of nitrogen functional groups attached to an aromatic ring is 1. The zero-order chi connectivity index (χ0) is 15.5. The highest BCUT2D eigenvalue weighted by Crippen LogP contribution is 2.28. The van der Waals surface area contributed by atoms with Gasteiger partial charge >= 0.3 is 0 Å². The van der Waals surface area contributed by atoms with E-state index in [-0.39, 0.29) is 0 Å². The summed E-state index contributed by atoms with van der Waals surface area (Å²) >= 11 is 3.49. The normalized spacial score (nSPS) is 11.8. The molecule has 21 heavy (non-hydrogen) atoms. The predicted octanol–water partition coefficient (Wildman–Crippen LogP) is 3.00. The number of hydrogen-bond acceptors (Lipinski definition) is 5. The molecule has 0 aliphatic rings. The Labute approximate surface area is 133 Å². The molecule has 0 atom stereocenters. The second-order valence-electron chi connectivity index (χ2n) is 6.09. The fourth-order valence-corrected chi connectivity index (χ4v) is 2.91. The smallest absolute Gasteiger partial charge is 0.185 e. The van der Waals surface area contributed by atoms with Crippen LogP contribution in [0.5, 0.6) is 0 Å². The molecule has 0 radical (unpaired) electrons. The van der Waals surface area contributed by atoms with Gasteiger partial charge in [-0.05, 0) is 34.7 Å². The number of tetrazole rings is 1. The van der Waals surface area contributed by atoms with E-state index in [0.717, 1.165) is 22.7 Å². The SMILES string of the molecule is C[Si](C)(C)CCOCn1nnnc1-c1cc(N)ccc1Br. The zero-order valence-corrected chi connectivity index (χ0v) is 15.1. The Morgan fingerprint density at radius 2 is 2.10 bits per heavy atom. The van der Waals surface area contributed by atoms with Gasteiger partial charge in [-0.3, -0.25) is 0 Å². The highest BCUT2D eigenvalue weighted by molar-refractivity contribution is 9.10. The zero-order valence-electron chi connectivity index (χ0n) is 12.5. The first-order valence-electron chi connectivity index (χ1n) is 6.76. The lowest BCUT2D eigenvalue weighted by molar-refractivity contribution is 0.0784. The van der Waals surface area contributed by atoms with Gasteiger partial charge in [0.15, 0.2) is 5.82 Å². The van der Waals surface area contributed by atoms with Crippen molar-refractivity contribution in [2.75, 3.05) is 12.3 Å². The Balaban J connectivity index is 2.07. The van der Waals surface area contributed by atoms with Crippen LogP contribution in [0, 0.1) is 0 Å². The van der Waals surface area contributed by atoms with Crippen molar-refractivity contribution in [3.05, 3.63) is 22.7 Å². The van der Waals surface area contributed by atoms with Gasteiger partial charge in [-0.25, -0.2) is 0 Å². The molecule has 2 N–H and O–H groups in total. The van der Waals surface area contributed by atoms with E-state index in [9.17, 15) is 0 Å². The van der Waals surface area contributed by atoms with Gasteiger partial charge in [-0.1, -0.05) is 35.6 Å². The molecule has 1 heterocycles. The van der Waals surface area contributed by atoms with Crippen LogP contribution in [0.4, 0.5) is 5.69 Å². The Morgan fingerprint density at radius 1 is 1.33 bits per heavy atom. The van der Waals surface area contributed by atoms with Crippen LogP contribution in [0.15, 0.2) is 22.7 Å². The van der Waals surface area contributed by atoms with Crippen LogP contribution in [0.2, 0.25) is 25.7 Å². The predicted molar refractivity (Wildman–Crippen MR) is 89.5 cm³/mol. The number of rotatable bonds is 6. The second-order valence-corrected chi connectivity index (χ2v) is 12.6. The van der Waals surface area contributed by atoms with Crippen molar-refractivity contribution >= 4 is 29.7 Å². The number of halogens is 1. The molecule has 0 saturated carbocycles. The van der Waals surface area contributed by atoms with Crippen molar-refractivity contribution in [2.45, 2.75) is 32.4 Å². The monoisotopic (exact) mass is 369 g/mol. The molecule has 0 bridgehead atoms. The van der Waals surface area contributed by atoms with Gasteiger partial charge in [-0.2, -0.15) is 4.68 Å². The molecule has 114 valence electrons. The summed E-state index contributed by atoms with van der Waals surface area (Å²) in [4.78, 5) is 0. The third-order valence-corrected chi connectivity index (χ3v) is 5.37. The van der Waals surface area contributed by atoms with E-state index >= 15 is 0 Å². The first kappa shape index (κ1) is 16.1. The molecule has 0 aliphatic carbocycles. The average molecular weight is 370 g/mol. The fraction of sp³-hybridized carbons (Fsp3) is 0.462. The molecule has 0 unspecified atom stereocenters. The minimum absolute atomic E-state index is 0.341. The van der Waals surface area contributed by atoms with Gasteiger partial charge in [0.2, 0.25) is 0 Å². The first-order chi connectivity index (χ1) is 9.87. The lowest BCUT2D eigenvalue weighted by Gasteiger charge is -2.15. The minimum atomic E-state index is -1.08. The van der Waals surface area contributed by atoms with Crippen LogP contribution >= 0.6 is 15.9 Å². The maximum Gasteiger partial charge on any atom is 0.185 e. The molecule has 2 aromatic rings. The van der Waals surface area contributed by atoms with Crippen LogP contribution < -0.4 is 5.73 Å². The molecule has 8 heteroatoms. The largest absolute Gasteiger partial charge is 0.399 e. The molecule has 1 aromatic carbocycles. The molecule has 0 saturated heterocycles. The first-order valence-corrected chi connectivity index (χ1v) is 11.3. The van der Waals surface area contributed by atoms with Crippen LogP contribution in [0.25, 0.3) is 11.4 Å². The van der Waals surface area contributed by atoms with Gasteiger partial charge in [-0.15, -0.1) is 5.10 Å². The maximum atomic E-state index is 5.83. The Hall–Kier alpha value is -1.25. The molecular formula is C13H20BrN5OSi. The number of ether oxygens (including phenoxy) is 1. The summed E-state index contributed by atoms with van der Waals surface area (Å²) in [5.74, 6) is 0.641. The Kier molecular flexibility index (Phi) is 5.12. The number of benzene rings is 1. The van der Waals surface area contributed by atoms with E-state index in [1.54, 1.807) is 4.68 Å². The average Bonchev–Trinajstić information content (AvgIpc) is 2.85. The summed E-state index contributed by atoms with van der Waals surface area (Å²) in [6.45, 7) is 8.04. The topological polar surface area (TPSA) is 78.8 Å². The van der Waals surface area contributed by atoms with Crippen molar-refractivity contribution in [1.82, 2.24) is 20.2 Å². The van der Waals surface area contributed by atoms with Gasteiger partial charge < -0.3 is 10.5 Å². The number of hydrogen-bond donors (Lipinski definition) is 1. The van der Waals surface area contributed by atoms with Gasteiger partial charge in [0.25, 0.3) is 0 Å². The summed E-state index contributed by atoms with van der Waals surface area (Å²) in [5.41, 5.74) is 7.35. The molecule has 0 fully saturated rings. The summed E-state index contributed by atoms with van der Waals surface area (Å²) in [5, 5.41) is 11.8. The highest BCUT2D eigenvalue weighted by atomic mass is 79.9. The standard InChI is InChI=1S/C13H20BrN5OSi/c1-21(2,3)7-6-20-9-19-13(16-17-18-19)11-8-10(15)4-5-12(11)14/h4-5,8H,6-7,9,15H2,1-3H3. The highest BCUT2D eigenvalue weighted by Gasteiger charge is 2.14. The second kappa shape index (κ2) is 6.67. The number of anilines is 1. The van der Waals surface area contributed by atoms with E-state index in [0.29, 0.717) is 18.2 Å². The lowest BCUT2D eigenvalue weighted by atomic mass is 10.2. The summed E-state index contributed by atoms with van der Waals surface area (Å²) in [6, 6.07) is 6.67. The fourth-order valence-electron chi connectivity index (χ4n) is 1.73. The van der Waals surface area contributed by atoms with Crippen molar-refractivity contribution < 1.29 is 4.74 Å². The third kappa shape index (κ3) is 4.62. The molecule has 0 spiro atoms. The third-order valence-electron chi connectivity index (χ3n) is 2.97. The van der Waals surface area contributed by atoms with Crippen LogP contribution in [0.3, 0.4) is 0 Å². The van der Waals surface area contributed by atoms with Gasteiger partial charge in [0.1, 0.15) is 6.73 Å². The van der Waals surface area contributed by atoms with Crippen molar-refractivity contribution in [3.8, 4) is 11.4 Å². The van der Waals surface area contributed by atoms with E-state index in [2.05, 4.69) is 51.1 Å². The van der Waals surface area contributed by atoms with E-state index in [1.807, 2.05) is 18.2 Å². The number of aromatic nitrogens is 4. The Bertz CT molecular complexity index is 611. The van der Waals surface area contributed by atoms with Crippen molar-refractivity contribution in [3.63, 3.8) is 0 Å². The van der Waals surface area contributed by atoms with Crippen molar-refractivity contribution in [2.24, 2.45) is 0 Å². The summed E-state index contributed by atoms with van der Waals surface area (Å²) in [6.07, 6.45) is 0. The quantitative estimate of drug-likeness (QED) is 0.480. The molecule has 2 rings (SSSR count). The van der Waals surface area contributed by atoms with Crippen LogP contribution in [-0.2, 0) is 11.5 Å². The minimum Gasteiger partial charge on any atom is -0.399 e. The lowest BCUT2D eigenvalue weighted by Crippen LogP contribution is -2.22. The molecular weight excluding hydrogens is 350 g/mol. The maximum absolute atomic E-state index is 5.83. The molecule has 1 aromatic heterocycles. The van der Waals surface area contributed by atoms with Gasteiger partial charge in [0.05, 0.1) is 0 Å². The summed E-state index contributed by atoms with van der Waals surface area (Å²) in [7, 11) is -1.08. The van der Waals surface area contributed by atoms with E-state index in [4.69, 9.17) is 10.5 Å². The van der Waals surface area contributed by atoms with Crippen molar-refractivity contribution in [1.29, 1.82) is 0 Å². The number of nitrogens with two attached hydrogens (primary N) is 1. The van der Waals surface area contributed by atoms with Crippen LogP contribution in [-0.4, -0.2) is 34.9 Å². The molecule has 0 amide bonds. The summed E-state index contributed by atoms with van der Waals surface area (Å²) < 4.78 is 8.24.